The SMILES string of the molecule is Cc1ncc(C#Cc2ccc(CC(C(=O)NCC(F)F)c3nc[nH]c(=O)c3O)cc2)cn1. The smallest absolute Gasteiger partial charge is 0.293 e. The van der Waals surface area contributed by atoms with Crippen LogP contribution in [0.3, 0.4) is 0 Å². The van der Waals surface area contributed by atoms with Crippen LogP contribution in [0.5, 0.6) is 5.75 Å². The van der Waals surface area contributed by atoms with Crippen LogP contribution in [0.4, 0.5) is 8.78 Å². The second-order valence-electron chi connectivity index (χ2n) is 6.82. The molecule has 2 heterocycles. The Kier molecular flexibility index (Phi) is 7.23. The molecule has 3 aromatic rings. The van der Waals surface area contributed by atoms with Crippen LogP contribution in [-0.4, -0.2) is 43.9 Å². The van der Waals surface area contributed by atoms with Gasteiger partial charge in [0.15, 0.2) is 0 Å². The Hall–Kier alpha value is -4.13. The van der Waals surface area contributed by atoms with E-state index in [4.69, 9.17) is 0 Å². The third-order valence-electron chi connectivity index (χ3n) is 4.46. The van der Waals surface area contributed by atoms with Crippen LogP contribution >= 0.6 is 0 Å². The number of hydrogen-bond acceptors (Lipinski definition) is 6. The number of aromatic nitrogens is 4. The highest BCUT2D eigenvalue weighted by Crippen LogP contribution is 2.24. The third-order valence-corrected chi connectivity index (χ3v) is 4.46. The summed E-state index contributed by atoms with van der Waals surface area (Å²) in [4.78, 5) is 38.5. The number of aromatic amines is 1. The van der Waals surface area contributed by atoms with Crippen molar-refractivity contribution in [2.45, 2.75) is 25.7 Å². The summed E-state index contributed by atoms with van der Waals surface area (Å²) in [5.41, 5.74) is 1.00. The number of aromatic hydroxyl groups is 1. The molecule has 0 spiro atoms. The fourth-order valence-corrected chi connectivity index (χ4v) is 2.84. The number of benzene rings is 1. The van der Waals surface area contributed by atoms with Gasteiger partial charge < -0.3 is 15.4 Å². The molecular formula is C22H19F2N5O3. The monoisotopic (exact) mass is 439 g/mol. The highest BCUT2D eigenvalue weighted by molar-refractivity contribution is 5.84. The minimum atomic E-state index is -2.74. The second-order valence-corrected chi connectivity index (χ2v) is 6.82. The minimum absolute atomic E-state index is 0.0264. The minimum Gasteiger partial charge on any atom is -0.502 e. The van der Waals surface area contributed by atoms with Crippen molar-refractivity contribution >= 4 is 5.91 Å². The number of halogens is 2. The lowest BCUT2D eigenvalue weighted by atomic mass is 9.94. The number of H-pyrrole nitrogens is 1. The Morgan fingerprint density at radius 2 is 1.78 bits per heavy atom. The Bertz CT molecular complexity index is 1200. The molecule has 0 aliphatic carbocycles. The molecule has 164 valence electrons. The van der Waals surface area contributed by atoms with Crippen molar-refractivity contribution in [3.63, 3.8) is 0 Å². The largest absolute Gasteiger partial charge is 0.502 e. The maximum atomic E-state index is 12.5. The van der Waals surface area contributed by atoms with Crippen molar-refractivity contribution in [1.82, 2.24) is 25.3 Å². The number of alkyl halides is 2. The number of nitrogens with zero attached hydrogens (tertiary/aromatic N) is 3. The molecule has 3 N–H and O–H groups in total. The zero-order valence-corrected chi connectivity index (χ0v) is 17.0. The predicted octanol–water partition coefficient (Wildman–Crippen LogP) is 1.68. The molecule has 0 aliphatic rings. The van der Waals surface area contributed by atoms with Gasteiger partial charge in [0.2, 0.25) is 11.7 Å². The van der Waals surface area contributed by atoms with Crippen molar-refractivity contribution < 1.29 is 18.7 Å². The highest BCUT2D eigenvalue weighted by Gasteiger charge is 2.27. The van der Waals surface area contributed by atoms with Gasteiger partial charge in [-0.05, 0) is 31.0 Å². The van der Waals surface area contributed by atoms with E-state index in [2.05, 4.69) is 37.1 Å². The first-order chi connectivity index (χ1) is 15.3. The Labute approximate surface area is 181 Å². The fourth-order valence-electron chi connectivity index (χ4n) is 2.84. The maximum absolute atomic E-state index is 12.5. The van der Waals surface area contributed by atoms with E-state index in [9.17, 15) is 23.5 Å². The molecule has 0 saturated carbocycles. The summed E-state index contributed by atoms with van der Waals surface area (Å²) < 4.78 is 25.1. The van der Waals surface area contributed by atoms with Gasteiger partial charge in [-0.1, -0.05) is 24.0 Å². The summed E-state index contributed by atoms with van der Waals surface area (Å²) in [5, 5.41) is 12.2. The Morgan fingerprint density at radius 1 is 1.12 bits per heavy atom. The lowest BCUT2D eigenvalue weighted by Crippen LogP contribution is -2.34. The number of nitrogens with one attached hydrogen (secondary N) is 2. The van der Waals surface area contributed by atoms with Gasteiger partial charge in [0.25, 0.3) is 12.0 Å². The number of rotatable bonds is 6. The lowest BCUT2D eigenvalue weighted by molar-refractivity contribution is -0.123. The van der Waals surface area contributed by atoms with E-state index in [1.807, 2.05) is 0 Å². The van der Waals surface area contributed by atoms with Gasteiger partial charge in [-0.3, -0.25) is 9.59 Å². The molecule has 0 aliphatic heterocycles. The van der Waals surface area contributed by atoms with Crippen LogP contribution in [-0.2, 0) is 11.2 Å². The molecule has 8 nitrogen and oxygen atoms in total. The molecular weight excluding hydrogens is 420 g/mol. The van der Waals surface area contributed by atoms with Crippen LogP contribution in [0.2, 0.25) is 0 Å². The standard InChI is InChI=1S/C22H19F2N5O3/c1-13-25-9-16(10-26-13)7-4-14-2-5-15(6-3-14)8-17(21(31)27-11-18(23)24)19-20(30)22(32)29-12-28-19/h2-3,5-6,9-10,12,17-18,30H,8,11H2,1H3,(H,27,31)(H,28,29,32). The molecule has 1 amide bonds. The van der Waals surface area contributed by atoms with Crippen molar-refractivity contribution in [3.8, 4) is 17.6 Å². The molecule has 1 atom stereocenters. The van der Waals surface area contributed by atoms with Crippen LogP contribution in [0.25, 0.3) is 0 Å². The summed E-state index contributed by atoms with van der Waals surface area (Å²) in [7, 11) is 0. The van der Waals surface area contributed by atoms with Gasteiger partial charge in [0, 0.05) is 18.0 Å². The molecule has 10 heteroatoms. The van der Waals surface area contributed by atoms with Gasteiger partial charge in [-0.15, -0.1) is 0 Å². The molecule has 1 aromatic carbocycles. The number of amides is 1. The first-order valence-corrected chi connectivity index (χ1v) is 9.55. The van der Waals surface area contributed by atoms with E-state index < -0.39 is 36.1 Å². The van der Waals surface area contributed by atoms with Gasteiger partial charge >= 0.3 is 0 Å². The predicted molar refractivity (Wildman–Crippen MR) is 111 cm³/mol. The average molecular weight is 439 g/mol. The molecule has 0 bridgehead atoms. The fraction of sp³-hybridized carbons (Fsp3) is 0.227. The van der Waals surface area contributed by atoms with Crippen molar-refractivity contribution in [3.05, 3.63) is 81.5 Å². The molecule has 0 saturated heterocycles. The van der Waals surface area contributed by atoms with E-state index in [1.54, 1.807) is 43.6 Å². The topological polar surface area (TPSA) is 121 Å². The first kappa shape index (κ1) is 22.6. The summed E-state index contributed by atoms with van der Waals surface area (Å²) in [6, 6.07) is 6.90. The normalized spacial score (nSPS) is 11.5. The van der Waals surface area contributed by atoms with Crippen molar-refractivity contribution in [2.75, 3.05) is 6.54 Å². The average Bonchev–Trinajstić information content (AvgIpc) is 2.78. The van der Waals surface area contributed by atoms with Crippen LogP contribution in [0.1, 0.15) is 34.1 Å². The summed E-state index contributed by atoms with van der Waals surface area (Å²) in [6.45, 7) is 0.925. The first-order valence-electron chi connectivity index (χ1n) is 9.55. The Morgan fingerprint density at radius 3 is 2.44 bits per heavy atom. The summed E-state index contributed by atoms with van der Waals surface area (Å²) >= 11 is 0. The zero-order valence-electron chi connectivity index (χ0n) is 17.0. The third kappa shape index (κ3) is 5.95. The van der Waals surface area contributed by atoms with Crippen LogP contribution in [0, 0.1) is 18.8 Å². The second kappa shape index (κ2) is 10.3. The number of carbonyl (C=O) groups excluding carboxylic acids is 1. The maximum Gasteiger partial charge on any atom is 0.293 e. The van der Waals surface area contributed by atoms with E-state index in [-0.39, 0.29) is 12.1 Å². The molecule has 2 aromatic heterocycles. The van der Waals surface area contributed by atoms with Crippen molar-refractivity contribution in [1.29, 1.82) is 0 Å². The van der Waals surface area contributed by atoms with E-state index in [1.165, 1.54) is 0 Å². The lowest BCUT2D eigenvalue weighted by Gasteiger charge is -2.17. The summed E-state index contributed by atoms with van der Waals surface area (Å²) in [6.07, 6.45) is 1.56. The quantitative estimate of drug-likeness (QED) is 0.503. The number of carbonyl (C=O) groups is 1. The van der Waals surface area contributed by atoms with E-state index in [0.717, 1.165) is 6.33 Å². The highest BCUT2D eigenvalue weighted by atomic mass is 19.3. The van der Waals surface area contributed by atoms with Gasteiger partial charge in [0.05, 0.1) is 24.4 Å². The van der Waals surface area contributed by atoms with Crippen LogP contribution in [0.15, 0.2) is 47.8 Å². The molecule has 0 radical (unpaired) electrons. The Balaban J connectivity index is 1.81. The molecule has 32 heavy (non-hydrogen) atoms. The van der Waals surface area contributed by atoms with Gasteiger partial charge in [0.1, 0.15) is 11.5 Å². The number of aryl methyl sites for hydroxylation is 1. The van der Waals surface area contributed by atoms with Gasteiger partial charge in [-0.2, -0.15) is 0 Å². The molecule has 0 fully saturated rings. The zero-order chi connectivity index (χ0) is 23.1. The number of hydrogen-bond donors (Lipinski definition) is 3. The molecule has 1 unspecified atom stereocenters. The van der Waals surface area contributed by atoms with Gasteiger partial charge in [-0.25, -0.2) is 23.7 Å². The van der Waals surface area contributed by atoms with E-state index in [0.29, 0.717) is 22.5 Å². The summed E-state index contributed by atoms with van der Waals surface area (Å²) in [5.74, 6) is 3.92. The van der Waals surface area contributed by atoms with Crippen LogP contribution < -0.4 is 10.9 Å². The molecule has 3 rings (SSSR count). The van der Waals surface area contributed by atoms with Crippen molar-refractivity contribution in [2.24, 2.45) is 0 Å². The van der Waals surface area contributed by atoms with E-state index >= 15 is 0 Å².